The van der Waals surface area contributed by atoms with Crippen LogP contribution in [0.3, 0.4) is 0 Å². The average molecular weight is 790 g/mol. The van der Waals surface area contributed by atoms with Crippen LogP contribution in [0, 0.1) is 0 Å². The zero-order valence-corrected chi connectivity index (χ0v) is 33.9. The Morgan fingerprint density at radius 3 is 1.63 bits per heavy atom. The molecule has 0 saturated carbocycles. The van der Waals surface area contributed by atoms with E-state index in [-0.39, 0.29) is 0 Å². The molecule has 0 aliphatic carbocycles. The summed E-state index contributed by atoms with van der Waals surface area (Å²) in [7, 11) is 0. The van der Waals surface area contributed by atoms with Crippen LogP contribution in [0.5, 0.6) is 0 Å². The van der Waals surface area contributed by atoms with E-state index in [1.165, 1.54) is 60.1 Å². The molecule has 290 valence electrons. The number of rotatable bonds is 7. The summed E-state index contributed by atoms with van der Waals surface area (Å²) in [5, 5.41) is 9.61. The Morgan fingerprint density at radius 2 is 0.806 bits per heavy atom. The first-order valence-electron chi connectivity index (χ1n) is 21.3. The summed E-state index contributed by atoms with van der Waals surface area (Å²) in [6.07, 6.45) is 0. The second-order valence-electron chi connectivity index (χ2n) is 16.0. The minimum atomic E-state index is 0.856. The van der Waals surface area contributed by atoms with Crippen molar-refractivity contribution in [2.75, 3.05) is 4.90 Å². The number of hydrogen-bond donors (Lipinski definition) is 0. The molecule has 0 N–H and O–H groups in total. The van der Waals surface area contributed by atoms with Crippen molar-refractivity contribution in [2.24, 2.45) is 0 Å². The topological polar surface area (TPSA) is 16.4 Å². The van der Waals surface area contributed by atoms with Gasteiger partial charge in [0.05, 0.1) is 5.69 Å². The van der Waals surface area contributed by atoms with E-state index in [2.05, 4.69) is 229 Å². The Hall–Kier alpha value is -8.20. The summed E-state index contributed by atoms with van der Waals surface area (Å²) in [5.41, 5.74) is 14.4. The fourth-order valence-corrected chi connectivity index (χ4v) is 9.65. The number of furan rings is 1. The minimum Gasteiger partial charge on any atom is -0.456 e. The predicted molar refractivity (Wildman–Crippen MR) is 263 cm³/mol. The second kappa shape index (κ2) is 14.8. The van der Waals surface area contributed by atoms with Crippen LogP contribution in [0.2, 0.25) is 0 Å². The van der Waals surface area contributed by atoms with Gasteiger partial charge in [-0.3, -0.25) is 0 Å². The molecule has 62 heavy (non-hydrogen) atoms. The average Bonchev–Trinajstić information content (AvgIpc) is 3.72. The Balaban J connectivity index is 1.11. The molecule has 0 radical (unpaired) electrons. The third kappa shape index (κ3) is 5.96. The monoisotopic (exact) mass is 789 g/mol. The van der Waals surface area contributed by atoms with Crippen LogP contribution in [0.1, 0.15) is 0 Å². The zero-order valence-electron chi connectivity index (χ0n) is 33.9. The smallest absolute Gasteiger partial charge is 0.137 e. The van der Waals surface area contributed by atoms with Crippen molar-refractivity contribution < 1.29 is 4.42 Å². The van der Waals surface area contributed by atoms with Crippen LogP contribution in [-0.4, -0.2) is 0 Å². The molecule has 1 aromatic heterocycles. The van der Waals surface area contributed by atoms with Crippen molar-refractivity contribution in [2.45, 2.75) is 0 Å². The van der Waals surface area contributed by atoms with Gasteiger partial charge in [-0.2, -0.15) is 0 Å². The quantitative estimate of drug-likeness (QED) is 0.150. The van der Waals surface area contributed by atoms with Crippen molar-refractivity contribution in [3.63, 3.8) is 0 Å². The summed E-state index contributed by atoms with van der Waals surface area (Å²) in [4.78, 5) is 2.40. The number of anilines is 3. The van der Waals surface area contributed by atoms with Crippen LogP contribution >= 0.6 is 0 Å². The number of benzene rings is 11. The maximum Gasteiger partial charge on any atom is 0.137 e. The molecule has 0 spiro atoms. The summed E-state index contributed by atoms with van der Waals surface area (Å²) < 4.78 is 6.53. The standard InChI is InChI=1S/C60H39NO/c1-3-18-41(19-4-1)59-54-29-10-9-27-50(54)51-35-33-44(38-55(51)60(59)42-20-5-2-6-21-42)49-26-11-13-31-56(49)61(46-34-36-53-52-28-12-14-32-57(52)62-58(53)39-46)45-24-15-23-43(37-45)48-30-16-22-40-17-7-8-25-47(40)48/h1-39H. The molecule has 0 atom stereocenters. The van der Waals surface area contributed by atoms with Gasteiger partial charge >= 0.3 is 0 Å². The summed E-state index contributed by atoms with van der Waals surface area (Å²) in [6, 6.07) is 85.6. The first kappa shape index (κ1) is 35.7. The number of para-hydroxylation sites is 2. The number of nitrogens with zero attached hydrogens (tertiary/aromatic N) is 1. The normalized spacial score (nSPS) is 11.5. The van der Waals surface area contributed by atoms with Crippen molar-refractivity contribution in [3.8, 4) is 44.5 Å². The van der Waals surface area contributed by atoms with Crippen molar-refractivity contribution in [1.82, 2.24) is 0 Å². The van der Waals surface area contributed by atoms with Gasteiger partial charge in [0.25, 0.3) is 0 Å². The lowest BCUT2D eigenvalue weighted by molar-refractivity contribution is 0.669. The lowest BCUT2D eigenvalue weighted by atomic mass is 9.84. The van der Waals surface area contributed by atoms with E-state index in [4.69, 9.17) is 4.42 Å². The number of fused-ring (bicyclic) bond motifs is 7. The molecule has 11 aromatic carbocycles. The second-order valence-corrected chi connectivity index (χ2v) is 16.0. The van der Waals surface area contributed by atoms with Crippen molar-refractivity contribution in [1.29, 1.82) is 0 Å². The van der Waals surface area contributed by atoms with Gasteiger partial charge < -0.3 is 9.32 Å². The molecule has 0 unspecified atom stereocenters. The maximum atomic E-state index is 6.53. The molecule has 0 fully saturated rings. The van der Waals surface area contributed by atoms with E-state index >= 15 is 0 Å². The Morgan fingerprint density at radius 1 is 0.274 bits per heavy atom. The molecule has 12 rings (SSSR count). The molecule has 12 aromatic rings. The fraction of sp³-hybridized carbons (Fsp3) is 0. The highest BCUT2D eigenvalue weighted by Gasteiger charge is 2.22. The van der Waals surface area contributed by atoms with Crippen LogP contribution in [0.4, 0.5) is 17.1 Å². The van der Waals surface area contributed by atoms with Gasteiger partial charge in [-0.15, -0.1) is 0 Å². The first-order chi connectivity index (χ1) is 30.8. The van der Waals surface area contributed by atoms with E-state index in [0.717, 1.165) is 55.7 Å². The number of hydrogen-bond acceptors (Lipinski definition) is 2. The summed E-state index contributed by atoms with van der Waals surface area (Å²) in [6.45, 7) is 0. The van der Waals surface area contributed by atoms with E-state index < -0.39 is 0 Å². The van der Waals surface area contributed by atoms with E-state index in [1.807, 2.05) is 12.1 Å². The third-order valence-corrected chi connectivity index (χ3v) is 12.4. The molecule has 1 heterocycles. The Kier molecular flexibility index (Phi) is 8.53. The first-order valence-corrected chi connectivity index (χ1v) is 21.3. The molecule has 2 nitrogen and oxygen atoms in total. The molecule has 0 saturated heterocycles. The highest BCUT2D eigenvalue weighted by atomic mass is 16.3. The largest absolute Gasteiger partial charge is 0.456 e. The third-order valence-electron chi connectivity index (χ3n) is 12.4. The molecule has 0 aliphatic rings. The maximum absolute atomic E-state index is 6.53. The van der Waals surface area contributed by atoms with Crippen molar-refractivity contribution >= 4 is 71.3 Å². The minimum absolute atomic E-state index is 0.856. The Bertz CT molecular complexity index is 3630. The molecule has 0 amide bonds. The predicted octanol–water partition coefficient (Wildman–Crippen LogP) is 17.2. The van der Waals surface area contributed by atoms with Gasteiger partial charge in [0.2, 0.25) is 0 Å². The zero-order chi connectivity index (χ0) is 41.0. The molecular weight excluding hydrogens is 751 g/mol. The lowest BCUT2D eigenvalue weighted by Crippen LogP contribution is -2.11. The van der Waals surface area contributed by atoms with E-state index in [9.17, 15) is 0 Å². The lowest BCUT2D eigenvalue weighted by Gasteiger charge is -2.28. The highest BCUT2D eigenvalue weighted by Crippen LogP contribution is 2.48. The fourth-order valence-electron chi connectivity index (χ4n) is 9.65. The van der Waals surface area contributed by atoms with Crippen molar-refractivity contribution in [3.05, 3.63) is 237 Å². The molecule has 0 bridgehead atoms. The molecular formula is C60H39NO. The summed E-state index contributed by atoms with van der Waals surface area (Å²) >= 11 is 0. The van der Waals surface area contributed by atoms with Gasteiger partial charge in [-0.05, 0) is 114 Å². The van der Waals surface area contributed by atoms with Gasteiger partial charge in [0.15, 0.2) is 0 Å². The molecule has 2 heteroatoms. The van der Waals surface area contributed by atoms with Crippen LogP contribution in [-0.2, 0) is 0 Å². The Labute approximate surface area is 360 Å². The van der Waals surface area contributed by atoms with E-state index in [0.29, 0.717) is 0 Å². The van der Waals surface area contributed by atoms with Gasteiger partial charge in [0.1, 0.15) is 11.2 Å². The van der Waals surface area contributed by atoms with Crippen LogP contribution in [0.15, 0.2) is 241 Å². The van der Waals surface area contributed by atoms with Gasteiger partial charge in [0, 0.05) is 33.8 Å². The summed E-state index contributed by atoms with van der Waals surface area (Å²) in [5.74, 6) is 0. The van der Waals surface area contributed by atoms with Crippen LogP contribution < -0.4 is 4.90 Å². The molecule has 0 aliphatic heterocycles. The van der Waals surface area contributed by atoms with E-state index in [1.54, 1.807) is 0 Å². The van der Waals surface area contributed by atoms with Gasteiger partial charge in [-0.1, -0.05) is 188 Å². The van der Waals surface area contributed by atoms with Gasteiger partial charge in [-0.25, -0.2) is 0 Å². The SMILES string of the molecule is c1ccc(-c2c(-c3ccccc3)c3cc(-c4ccccc4N(c4cccc(-c5cccc6ccccc56)c4)c4ccc5c(c4)oc4ccccc45)ccc3c3ccccc23)cc1. The highest BCUT2D eigenvalue weighted by molar-refractivity contribution is 6.22. The van der Waals surface area contributed by atoms with Crippen LogP contribution in [0.25, 0.3) is 98.8 Å².